The van der Waals surface area contributed by atoms with Gasteiger partial charge in [-0.2, -0.15) is 5.10 Å². The highest BCUT2D eigenvalue weighted by molar-refractivity contribution is 6.04. The lowest BCUT2D eigenvalue weighted by Gasteiger charge is -2.04. The molecule has 0 bridgehead atoms. The molecule has 7 nitrogen and oxygen atoms in total. The van der Waals surface area contributed by atoms with Gasteiger partial charge in [-0.05, 0) is 45.4 Å². The van der Waals surface area contributed by atoms with Crippen molar-refractivity contribution in [1.29, 1.82) is 0 Å². The molecule has 2 aromatic heterocycles. The highest BCUT2D eigenvalue weighted by atomic mass is 16.5. The van der Waals surface area contributed by atoms with Gasteiger partial charge in [0.25, 0.3) is 5.91 Å². The smallest absolute Gasteiger partial charge is 0.340 e. The fourth-order valence-electron chi connectivity index (χ4n) is 2.38. The van der Waals surface area contributed by atoms with Gasteiger partial charge >= 0.3 is 5.97 Å². The first-order chi connectivity index (χ1) is 11.5. The monoisotopic (exact) mass is 328 g/mol. The van der Waals surface area contributed by atoms with Crippen molar-refractivity contribution >= 4 is 17.6 Å². The molecule has 0 radical (unpaired) electrons. The highest BCUT2D eigenvalue weighted by Crippen LogP contribution is 2.19. The second-order valence-electron chi connectivity index (χ2n) is 5.22. The minimum atomic E-state index is -0.372. The molecule has 0 aliphatic carbocycles. The third kappa shape index (κ3) is 3.68. The van der Waals surface area contributed by atoms with E-state index in [1.807, 2.05) is 6.92 Å². The zero-order valence-electron chi connectivity index (χ0n) is 14.1. The van der Waals surface area contributed by atoms with Crippen molar-refractivity contribution < 1.29 is 14.3 Å². The molecule has 0 spiro atoms. The summed E-state index contributed by atoms with van der Waals surface area (Å²) in [7, 11) is 0. The molecule has 0 aliphatic rings. The van der Waals surface area contributed by atoms with Crippen LogP contribution in [-0.2, 0) is 4.74 Å². The molecule has 1 amide bonds. The Balaban J connectivity index is 2.21. The molecule has 0 saturated carbocycles. The number of hydrogen-bond acceptors (Lipinski definition) is 5. The molecular formula is C17H20N4O3. The molecule has 0 fully saturated rings. The first kappa shape index (κ1) is 17.4. The van der Waals surface area contributed by atoms with E-state index in [0.29, 0.717) is 34.8 Å². The lowest BCUT2D eigenvalue weighted by molar-refractivity contribution is 0.0525. The van der Waals surface area contributed by atoms with Crippen molar-refractivity contribution in [2.24, 2.45) is 5.10 Å². The molecular weight excluding hydrogens is 308 g/mol. The van der Waals surface area contributed by atoms with Crippen LogP contribution in [0.2, 0.25) is 0 Å². The lowest BCUT2D eigenvalue weighted by atomic mass is 10.1. The summed E-state index contributed by atoms with van der Waals surface area (Å²) in [6.45, 7) is 7.44. The van der Waals surface area contributed by atoms with E-state index in [2.05, 4.69) is 20.5 Å². The van der Waals surface area contributed by atoms with Crippen LogP contribution in [0.25, 0.3) is 0 Å². The Morgan fingerprint density at radius 1 is 1.29 bits per heavy atom. The number of amides is 1. The molecule has 0 aliphatic heterocycles. The van der Waals surface area contributed by atoms with Gasteiger partial charge in [0.15, 0.2) is 0 Å². The zero-order valence-corrected chi connectivity index (χ0v) is 14.1. The van der Waals surface area contributed by atoms with E-state index in [1.165, 1.54) is 12.4 Å². The summed E-state index contributed by atoms with van der Waals surface area (Å²) < 4.78 is 5.06. The molecule has 0 atom stereocenters. The Morgan fingerprint density at radius 3 is 2.58 bits per heavy atom. The molecule has 126 valence electrons. The fourth-order valence-corrected chi connectivity index (χ4v) is 2.38. The maximum Gasteiger partial charge on any atom is 0.340 e. The van der Waals surface area contributed by atoms with Crippen molar-refractivity contribution in [1.82, 2.24) is 15.4 Å². The van der Waals surface area contributed by atoms with Crippen molar-refractivity contribution in [2.75, 3.05) is 6.61 Å². The summed E-state index contributed by atoms with van der Waals surface area (Å²) in [6.07, 6.45) is 3.07. The maximum absolute atomic E-state index is 12.0. The minimum Gasteiger partial charge on any atom is -0.462 e. The Labute approximate surface area is 140 Å². The number of carbonyl (C=O) groups excluding carboxylic acids is 2. The molecule has 2 aromatic rings. The van der Waals surface area contributed by atoms with Gasteiger partial charge in [0, 0.05) is 23.7 Å². The predicted octanol–water partition coefficient (Wildman–Crippen LogP) is 2.36. The molecule has 2 N–H and O–H groups in total. The van der Waals surface area contributed by atoms with Gasteiger partial charge in [0.1, 0.15) is 0 Å². The van der Waals surface area contributed by atoms with Gasteiger partial charge < -0.3 is 9.72 Å². The first-order valence-corrected chi connectivity index (χ1v) is 7.57. The molecule has 0 saturated heterocycles. The number of aromatic nitrogens is 2. The normalized spacial score (nSPS) is 11.2. The van der Waals surface area contributed by atoms with Crippen molar-refractivity contribution in [3.63, 3.8) is 0 Å². The molecule has 0 aromatic carbocycles. The number of rotatable bonds is 5. The third-order valence-corrected chi connectivity index (χ3v) is 3.55. The van der Waals surface area contributed by atoms with Crippen LogP contribution in [0.4, 0.5) is 0 Å². The summed E-state index contributed by atoms with van der Waals surface area (Å²) >= 11 is 0. The van der Waals surface area contributed by atoms with Crippen LogP contribution in [0.15, 0.2) is 29.6 Å². The van der Waals surface area contributed by atoms with E-state index in [1.54, 1.807) is 32.9 Å². The number of ether oxygens (including phenoxy) is 1. The number of aryl methyl sites for hydroxylation is 1. The number of hydrazone groups is 1. The van der Waals surface area contributed by atoms with Gasteiger partial charge in [-0.3, -0.25) is 9.78 Å². The largest absolute Gasteiger partial charge is 0.462 e. The molecule has 24 heavy (non-hydrogen) atoms. The highest BCUT2D eigenvalue weighted by Gasteiger charge is 2.20. The second-order valence-corrected chi connectivity index (χ2v) is 5.22. The Morgan fingerprint density at radius 2 is 1.96 bits per heavy atom. The van der Waals surface area contributed by atoms with Crippen LogP contribution in [-0.4, -0.2) is 34.2 Å². The number of nitrogens with one attached hydrogen (secondary N) is 2. The second kappa shape index (κ2) is 7.54. The number of hydrogen-bond donors (Lipinski definition) is 2. The summed E-state index contributed by atoms with van der Waals surface area (Å²) in [5, 5.41) is 4.10. The van der Waals surface area contributed by atoms with Gasteiger partial charge in [-0.1, -0.05) is 0 Å². The van der Waals surface area contributed by atoms with E-state index in [4.69, 9.17) is 4.74 Å². The topological polar surface area (TPSA) is 96.4 Å². The summed E-state index contributed by atoms with van der Waals surface area (Å²) in [6, 6.07) is 3.20. The fraction of sp³-hybridized carbons (Fsp3) is 0.294. The van der Waals surface area contributed by atoms with Crippen LogP contribution in [0.5, 0.6) is 0 Å². The average molecular weight is 328 g/mol. The van der Waals surface area contributed by atoms with E-state index in [9.17, 15) is 9.59 Å². The predicted molar refractivity (Wildman–Crippen MR) is 90.1 cm³/mol. The quantitative estimate of drug-likeness (QED) is 0.500. The molecule has 2 rings (SSSR count). The van der Waals surface area contributed by atoms with Gasteiger partial charge in [-0.25, -0.2) is 10.2 Å². The third-order valence-electron chi connectivity index (χ3n) is 3.55. The van der Waals surface area contributed by atoms with Crippen molar-refractivity contribution in [3.8, 4) is 0 Å². The summed E-state index contributed by atoms with van der Waals surface area (Å²) in [5.74, 6) is -0.702. The van der Waals surface area contributed by atoms with Crippen LogP contribution >= 0.6 is 0 Å². The Kier molecular flexibility index (Phi) is 5.47. The standard InChI is InChI=1S/C17H20N4O3/c1-5-24-17(23)14-10(2)15(19-11(14)3)12(4)20-21-16(22)13-6-8-18-9-7-13/h6-9,19H,5H2,1-4H3,(H,21,22)/b20-12+. The van der Waals surface area contributed by atoms with Gasteiger partial charge in [0.2, 0.25) is 0 Å². The van der Waals surface area contributed by atoms with Crippen molar-refractivity contribution in [3.05, 3.63) is 52.6 Å². The van der Waals surface area contributed by atoms with E-state index in [-0.39, 0.29) is 11.9 Å². The first-order valence-electron chi connectivity index (χ1n) is 7.57. The van der Waals surface area contributed by atoms with Crippen molar-refractivity contribution in [2.45, 2.75) is 27.7 Å². The number of carbonyl (C=O) groups is 2. The van der Waals surface area contributed by atoms with Crippen LogP contribution < -0.4 is 5.43 Å². The van der Waals surface area contributed by atoms with Crippen LogP contribution in [0.1, 0.15) is 51.5 Å². The average Bonchev–Trinajstić information content (AvgIpc) is 2.88. The van der Waals surface area contributed by atoms with E-state index >= 15 is 0 Å². The SMILES string of the molecule is CCOC(=O)c1c(C)[nH]c(/C(C)=N/NC(=O)c2ccncc2)c1C. The Hall–Kier alpha value is -2.96. The zero-order chi connectivity index (χ0) is 17.7. The van der Waals surface area contributed by atoms with Crippen LogP contribution in [0, 0.1) is 13.8 Å². The molecule has 2 heterocycles. The summed E-state index contributed by atoms with van der Waals surface area (Å²) in [4.78, 5) is 31.0. The minimum absolute atomic E-state index is 0.313. The van der Waals surface area contributed by atoms with Gasteiger partial charge in [0.05, 0.1) is 23.6 Å². The number of esters is 1. The maximum atomic E-state index is 12.0. The number of H-pyrrole nitrogens is 1. The lowest BCUT2D eigenvalue weighted by Crippen LogP contribution is -2.19. The van der Waals surface area contributed by atoms with Crippen LogP contribution in [0.3, 0.4) is 0 Å². The van der Waals surface area contributed by atoms with Gasteiger partial charge in [-0.15, -0.1) is 0 Å². The van der Waals surface area contributed by atoms with E-state index < -0.39 is 0 Å². The number of pyridine rings is 1. The molecule has 7 heteroatoms. The number of nitrogens with zero attached hydrogens (tertiary/aromatic N) is 2. The summed E-state index contributed by atoms with van der Waals surface area (Å²) in [5.41, 5.74) is 6.16. The Bertz CT molecular complexity index is 779. The number of aromatic amines is 1. The molecule has 0 unspecified atom stereocenters. The van der Waals surface area contributed by atoms with E-state index in [0.717, 1.165) is 5.56 Å².